The third-order valence-corrected chi connectivity index (χ3v) is 2.63. The second-order valence-corrected chi connectivity index (χ2v) is 4.31. The number of rotatable bonds is 7. The molecule has 22 heavy (non-hydrogen) atoms. The van der Waals surface area contributed by atoms with E-state index in [4.69, 9.17) is 15.2 Å². The molecule has 2 aromatic carbocycles. The molecule has 2 aromatic rings. The molecule has 0 bridgehead atoms. The predicted octanol–water partition coefficient (Wildman–Crippen LogP) is 2.15. The number of nitrogens with zero attached hydrogens (tertiary/aromatic N) is 1. The number of hydrogen-bond acceptors (Lipinski definition) is 4. The van der Waals surface area contributed by atoms with Gasteiger partial charge < -0.3 is 15.2 Å². The zero-order valence-corrected chi connectivity index (χ0v) is 11.9. The van der Waals surface area contributed by atoms with E-state index < -0.39 is 6.03 Å². The number of ether oxygens (including phenoxy) is 2. The molecule has 6 nitrogen and oxygen atoms in total. The summed E-state index contributed by atoms with van der Waals surface area (Å²) in [5.74, 6) is 1.55. The Hall–Kier alpha value is -3.02. The van der Waals surface area contributed by atoms with E-state index in [1.165, 1.54) is 6.21 Å². The number of para-hydroxylation sites is 1. The van der Waals surface area contributed by atoms with Crippen LogP contribution in [-0.4, -0.2) is 25.5 Å². The molecule has 0 saturated heterocycles. The van der Waals surface area contributed by atoms with E-state index in [0.717, 1.165) is 17.1 Å². The molecule has 3 N–H and O–H groups in total. The minimum absolute atomic E-state index is 0.450. The molecule has 0 saturated carbocycles. The van der Waals surface area contributed by atoms with E-state index in [1.807, 2.05) is 54.6 Å². The summed E-state index contributed by atoms with van der Waals surface area (Å²) in [5, 5.41) is 3.67. The highest BCUT2D eigenvalue weighted by Gasteiger charge is 1.96. The van der Waals surface area contributed by atoms with Crippen molar-refractivity contribution in [3.63, 3.8) is 0 Å². The van der Waals surface area contributed by atoms with Gasteiger partial charge in [0.25, 0.3) is 0 Å². The maximum Gasteiger partial charge on any atom is 0.332 e. The predicted molar refractivity (Wildman–Crippen MR) is 84.2 cm³/mol. The standard InChI is InChI=1S/C16H17N3O3/c17-16(20)19-18-12-13-6-8-15(9-7-13)22-11-10-21-14-4-2-1-3-5-14/h1-9,12H,10-11H2,(H3,17,19,20)/b18-12-. The molecule has 0 aliphatic rings. The van der Waals surface area contributed by atoms with Crippen LogP contribution in [0.4, 0.5) is 4.79 Å². The van der Waals surface area contributed by atoms with Gasteiger partial charge in [0.2, 0.25) is 0 Å². The largest absolute Gasteiger partial charge is 0.490 e. The molecule has 0 radical (unpaired) electrons. The smallest absolute Gasteiger partial charge is 0.332 e. The Bertz CT molecular complexity index is 612. The molecular formula is C16H17N3O3. The minimum atomic E-state index is -0.699. The summed E-state index contributed by atoms with van der Waals surface area (Å²) in [4.78, 5) is 10.5. The summed E-state index contributed by atoms with van der Waals surface area (Å²) in [7, 11) is 0. The molecule has 0 aliphatic carbocycles. The summed E-state index contributed by atoms with van der Waals surface area (Å²) in [6.45, 7) is 0.918. The molecule has 6 heteroatoms. The topological polar surface area (TPSA) is 85.9 Å². The highest BCUT2D eigenvalue weighted by Crippen LogP contribution is 2.12. The first-order valence-electron chi connectivity index (χ1n) is 6.73. The second kappa shape index (κ2) is 8.31. The SMILES string of the molecule is NC(=O)N/N=C\c1ccc(OCCOc2ccccc2)cc1. The fourth-order valence-corrected chi connectivity index (χ4v) is 1.66. The molecule has 2 amide bonds. The third-order valence-electron chi connectivity index (χ3n) is 2.63. The molecule has 114 valence electrons. The van der Waals surface area contributed by atoms with Crippen molar-refractivity contribution in [3.8, 4) is 11.5 Å². The monoisotopic (exact) mass is 299 g/mol. The molecule has 0 spiro atoms. The van der Waals surface area contributed by atoms with E-state index >= 15 is 0 Å². The van der Waals surface area contributed by atoms with E-state index in [9.17, 15) is 4.79 Å². The quantitative estimate of drug-likeness (QED) is 0.466. The summed E-state index contributed by atoms with van der Waals surface area (Å²) >= 11 is 0. The Morgan fingerprint density at radius 3 is 2.18 bits per heavy atom. The van der Waals surface area contributed by atoms with Crippen molar-refractivity contribution in [1.82, 2.24) is 5.43 Å². The summed E-state index contributed by atoms with van der Waals surface area (Å²) in [5.41, 5.74) is 7.84. The zero-order chi connectivity index (χ0) is 15.6. The first-order valence-corrected chi connectivity index (χ1v) is 6.73. The number of urea groups is 1. The maximum absolute atomic E-state index is 10.5. The summed E-state index contributed by atoms with van der Waals surface area (Å²) in [6.07, 6.45) is 1.49. The molecular weight excluding hydrogens is 282 g/mol. The van der Waals surface area contributed by atoms with Crippen LogP contribution in [0.15, 0.2) is 59.7 Å². The van der Waals surface area contributed by atoms with Gasteiger partial charge in [-0.05, 0) is 42.0 Å². The van der Waals surface area contributed by atoms with Gasteiger partial charge in [-0.3, -0.25) is 0 Å². The van der Waals surface area contributed by atoms with Crippen LogP contribution in [-0.2, 0) is 0 Å². The molecule has 0 heterocycles. The number of amides is 2. The lowest BCUT2D eigenvalue weighted by atomic mass is 10.2. The lowest BCUT2D eigenvalue weighted by molar-refractivity contribution is 0.217. The number of primary amides is 1. The van der Waals surface area contributed by atoms with E-state index in [2.05, 4.69) is 10.5 Å². The van der Waals surface area contributed by atoms with Crippen molar-refractivity contribution in [1.29, 1.82) is 0 Å². The van der Waals surface area contributed by atoms with E-state index in [-0.39, 0.29) is 0 Å². The first kappa shape index (κ1) is 15.4. The third kappa shape index (κ3) is 5.54. The normalized spacial score (nSPS) is 10.4. The van der Waals surface area contributed by atoms with Crippen LogP contribution in [0.3, 0.4) is 0 Å². The van der Waals surface area contributed by atoms with Gasteiger partial charge in [0.05, 0.1) is 6.21 Å². The van der Waals surface area contributed by atoms with Crippen LogP contribution in [0.1, 0.15) is 5.56 Å². The number of hydrazone groups is 1. The van der Waals surface area contributed by atoms with Crippen LogP contribution in [0.5, 0.6) is 11.5 Å². The van der Waals surface area contributed by atoms with Gasteiger partial charge in [-0.1, -0.05) is 18.2 Å². The van der Waals surface area contributed by atoms with Crippen LogP contribution in [0, 0.1) is 0 Å². The number of nitrogens with two attached hydrogens (primary N) is 1. The minimum Gasteiger partial charge on any atom is -0.490 e. The molecule has 0 unspecified atom stereocenters. The van der Waals surface area contributed by atoms with Crippen molar-refractivity contribution in [2.24, 2.45) is 10.8 Å². The van der Waals surface area contributed by atoms with Gasteiger partial charge in [0.1, 0.15) is 24.7 Å². The molecule has 0 fully saturated rings. The van der Waals surface area contributed by atoms with E-state index in [0.29, 0.717) is 13.2 Å². The summed E-state index contributed by atoms with van der Waals surface area (Å²) in [6, 6.07) is 16.1. The van der Waals surface area contributed by atoms with Gasteiger partial charge in [-0.2, -0.15) is 5.10 Å². The Kier molecular flexibility index (Phi) is 5.80. The number of benzene rings is 2. The average molecular weight is 299 g/mol. The molecule has 2 rings (SSSR count). The van der Waals surface area contributed by atoms with Gasteiger partial charge >= 0.3 is 6.03 Å². The van der Waals surface area contributed by atoms with Crippen LogP contribution in [0.25, 0.3) is 0 Å². The lowest BCUT2D eigenvalue weighted by Crippen LogP contribution is -2.24. The Morgan fingerprint density at radius 1 is 1.00 bits per heavy atom. The number of nitrogens with one attached hydrogen (secondary N) is 1. The van der Waals surface area contributed by atoms with Gasteiger partial charge in [0.15, 0.2) is 0 Å². The highest BCUT2D eigenvalue weighted by molar-refractivity contribution is 5.81. The molecule has 0 aromatic heterocycles. The van der Waals surface area contributed by atoms with Crippen molar-refractivity contribution in [2.75, 3.05) is 13.2 Å². The zero-order valence-electron chi connectivity index (χ0n) is 11.9. The second-order valence-electron chi connectivity index (χ2n) is 4.31. The van der Waals surface area contributed by atoms with Crippen molar-refractivity contribution >= 4 is 12.2 Å². The Labute approximate surface area is 128 Å². The fraction of sp³-hybridized carbons (Fsp3) is 0.125. The lowest BCUT2D eigenvalue weighted by Gasteiger charge is -2.08. The number of carbonyl (C=O) groups excluding carboxylic acids is 1. The van der Waals surface area contributed by atoms with Gasteiger partial charge in [-0.15, -0.1) is 0 Å². The van der Waals surface area contributed by atoms with Crippen molar-refractivity contribution in [2.45, 2.75) is 0 Å². The molecule has 0 aliphatic heterocycles. The first-order chi connectivity index (χ1) is 10.7. The van der Waals surface area contributed by atoms with Crippen molar-refractivity contribution in [3.05, 3.63) is 60.2 Å². The van der Waals surface area contributed by atoms with E-state index in [1.54, 1.807) is 0 Å². The highest BCUT2D eigenvalue weighted by atomic mass is 16.5. The van der Waals surface area contributed by atoms with Gasteiger partial charge in [-0.25, -0.2) is 10.2 Å². The number of carbonyl (C=O) groups is 1. The number of hydrogen-bond donors (Lipinski definition) is 2. The Balaban J connectivity index is 1.72. The molecule has 0 atom stereocenters. The average Bonchev–Trinajstić information content (AvgIpc) is 2.54. The van der Waals surface area contributed by atoms with Crippen LogP contribution >= 0.6 is 0 Å². The summed E-state index contributed by atoms with van der Waals surface area (Å²) < 4.78 is 11.1. The van der Waals surface area contributed by atoms with Crippen molar-refractivity contribution < 1.29 is 14.3 Å². The Morgan fingerprint density at radius 2 is 1.59 bits per heavy atom. The maximum atomic E-state index is 10.5. The van der Waals surface area contributed by atoms with Crippen LogP contribution in [0.2, 0.25) is 0 Å². The van der Waals surface area contributed by atoms with Crippen LogP contribution < -0.4 is 20.6 Å². The van der Waals surface area contributed by atoms with Gasteiger partial charge in [0, 0.05) is 0 Å². The fourth-order valence-electron chi connectivity index (χ4n) is 1.66.